The van der Waals surface area contributed by atoms with Crippen LogP contribution in [-0.2, 0) is 4.79 Å². The third-order valence-corrected chi connectivity index (χ3v) is 4.43. The van der Waals surface area contributed by atoms with E-state index in [2.05, 4.69) is 15.3 Å². The monoisotopic (exact) mass is 355 g/mol. The quantitative estimate of drug-likeness (QED) is 0.688. The van der Waals surface area contributed by atoms with E-state index in [0.29, 0.717) is 16.5 Å². The number of nitrogens with zero attached hydrogens (tertiary/aromatic N) is 1. The molecule has 128 valence electrons. The highest BCUT2D eigenvalue weighted by Gasteiger charge is 2.12. The number of rotatable bonds is 5. The normalized spacial score (nSPS) is 10.6. The summed E-state index contributed by atoms with van der Waals surface area (Å²) in [4.78, 5) is 31.6. The second-order valence-electron chi connectivity index (χ2n) is 5.46. The molecule has 1 heterocycles. The Balaban J connectivity index is 1.56. The molecule has 6 nitrogen and oxygen atoms in total. The van der Waals surface area contributed by atoms with Gasteiger partial charge < -0.3 is 9.72 Å². The van der Waals surface area contributed by atoms with Crippen molar-refractivity contribution in [2.45, 2.75) is 12.1 Å². The number of benzene rings is 2. The molecule has 0 bridgehead atoms. The standard InChI is InChI=1S/C18H17N3O3S/c1-11-3-8-14-15(9-11)20-18(19-14)25-10-16(22)21-17(23)12-4-6-13(24-2)7-5-12/h3-9H,10H2,1-2H3,(H,19,20)(H,21,22,23). The van der Waals surface area contributed by atoms with Crippen LogP contribution in [0.25, 0.3) is 11.0 Å². The molecule has 3 rings (SSSR count). The number of methoxy groups -OCH3 is 1. The summed E-state index contributed by atoms with van der Waals surface area (Å²) >= 11 is 1.25. The first-order chi connectivity index (χ1) is 12.0. The van der Waals surface area contributed by atoms with Crippen LogP contribution in [0.4, 0.5) is 0 Å². The van der Waals surface area contributed by atoms with Crippen molar-refractivity contribution in [2.75, 3.05) is 12.9 Å². The van der Waals surface area contributed by atoms with Crippen LogP contribution in [0.15, 0.2) is 47.6 Å². The Labute approximate surface area is 149 Å². The fraction of sp³-hybridized carbons (Fsp3) is 0.167. The van der Waals surface area contributed by atoms with Gasteiger partial charge in [0.25, 0.3) is 5.91 Å². The van der Waals surface area contributed by atoms with Gasteiger partial charge in [-0.3, -0.25) is 14.9 Å². The van der Waals surface area contributed by atoms with Crippen LogP contribution in [0.3, 0.4) is 0 Å². The number of hydrogen-bond acceptors (Lipinski definition) is 5. The minimum absolute atomic E-state index is 0.0979. The lowest BCUT2D eigenvalue weighted by Crippen LogP contribution is -2.31. The van der Waals surface area contributed by atoms with Gasteiger partial charge >= 0.3 is 0 Å². The van der Waals surface area contributed by atoms with E-state index in [-0.39, 0.29) is 11.7 Å². The van der Waals surface area contributed by atoms with Crippen molar-refractivity contribution < 1.29 is 14.3 Å². The molecule has 2 amide bonds. The summed E-state index contributed by atoms with van der Waals surface area (Å²) in [6, 6.07) is 12.5. The van der Waals surface area contributed by atoms with Gasteiger partial charge in [0.1, 0.15) is 5.75 Å². The molecule has 0 aliphatic rings. The molecule has 0 atom stereocenters. The van der Waals surface area contributed by atoms with Crippen molar-refractivity contribution in [3.63, 3.8) is 0 Å². The molecule has 2 aromatic carbocycles. The number of carbonyl (C=O) groups excluding carboxylic acids is 2. The number of fused-ring (bicyclic) bond motifs is 1. The van der Waals surface area contributed by atoms with Crippen LogP contribution in [0.5, 0.6) is 5.75 Å². The lowest BCUT2D eigenvalue weighted by Gasteiger charge is -2.04. The minimum atomic E-state index is -0.437. The number of nitrogens with one attached hydrogen (secondary N) is 2. The van der Waals surface area contributed by atoms with Crippen LogP contribution in [0.1, 0.15) is 15.9 Å². The molecular weight excluding hydrogens is 338 g/mol. The van der Waals surface area contributed by atoms with E-state index < -0.39 is 5.91 Å². The number of aromatic amines is 1. The Morgan fingerprint density at radius 2 is 1.96 bits per heavy atom. The van der Waals surface area contributed by atoms with E-state index in [4.69, 9.17) is 4.74 Å². The highest BCUT2D eigenvalue weighted by atomic mass is 32.2. The second-order valence-corrected chi connectivity index (χ2v) is 6.42. The molecule has 25 heavy (non-hydrogen) atoms. The fourth-order valence-corrected chi connectivity index (χ4v) is 2.96. The molecule has 0 saturated heterocycles. The Kier molecular flexibility index (Phi) is 5.04. The largest absolute Gasteiger partial charge is 0.497 e. The molecule has 2 N–H and O–H groups in total. The Hall–Kier alpha value is -2.80. The number of ether oxygens (including phenoxy) is 1. The number of aromatic nitrogens is 2. The summed E-state index contributed by atoms with van der Waals surface area (Å²) in [6.07, 6.45) is 0. The molecule has 0 spiro atoms. The fourth-order valence-electron chi connectivity index (χ4n) is 2.28. The van der Waals surface area contributed by atoms with E-state index in [0.717, 1.165) is 16.6 Å². The van der Waals surface area contributed by atoms with Crippen LogP contribution < -0.4 is 10.1 Å². The van der Waals surface area contributed by atoms with Gasteiger partial charge in [-0.2, -0.15) is 0 Å². The predicted molar refractivity (Wildman–Crippen MR) is 97.0 cm³/mol. The van der Waals surface area contributed by atoms with E-state index >= 15 is 0 Å². The first-order valence-electron chi connectivity index (χ1n) is 7.62. The van der Waals surface area contributed by atoms with Crippen LogP contribution in [0.2, 0.25) is 0 Å². The zero-order chi connectivity index (χ0) is 17.8. The van der Waals surface area contributed by atoms with Crippen molar-refractivity contribution in [2.24, 2.45) is 0 Å². The molecule has 0 aliphatic carbocycles. The summed E-state index contributed by atoms with van der Waals surface area (Å²) < 4.78 is 5.04. The zero-order valence-electron chi connectivity index (χ0n) is 13.8. The lowest BCUT2D eigenvalue weighted by molar-refractivity contribution is -0.117. The van der Waals surface area contributed by atoms with Gasteiger partial charge in [-0.15, -0.1) is 0 Å². The summed E-state index contributed by atoms with van der Waals surface area (Å²) in [7, 11) is 1.55. The first kappa shape index (κ1) is 17.0. The highest BCUT2D eigenvalue weighted by Crippen LogP contribution is 2.20. The average Bonchev–Trinajstić information content (AvgIpc) is 3.02. The van der Waals surface area contributed by atoms with Gasteiger partial charge in [0, 0.05) is 5.56 Å². The molecule has 3 aromatic rings. The van der Waals surface area contributed by atoms with E-state index in [1.54, 1.807) is 31.4 Å². The third-order valence-electron chi connectivity index (χ3n) is 3.56. The Bertz CT molecular complexity index is 919. The second kappa shape index (κ2) is 7.40. The number of amides is 2. The maximum atomic E-state index is 12.0. The van der Waals surface area contributed by atoms with Crippen LogP contribution >= 0.6 is 11.8 Å². The van der Waals surface area contributed by atoms with Gasteiger partial charge in [0.05, 0.1) is 23.9 Å². The van der Waals surface area contributed by atoms with Crippen LogP contribution in [0, 0.1) is 6.92 Å². The van der Waals surface area contributed by atoms with Gasteiger partial charge in [-0.1, -0.05) is 17.8 Å². The molecule has 1 aromatic heterocycles. The van der Waals surface area contributed by atoms with Crippen molar-refractivity contribution in [3.8, 4) is 5.75 Å². The smallest absolute Gasteiger partial charge is 0.257 e. The van der Waals surface area contributed by atoms with Gasteiger partial charge in [-0.25, -0.2) is 4.98 Å². The molecule has 7 heteroatoms. The summed E-state index contributed by atoms with van der Waals surface area (Å²) in [5.74, 6) is -0.0600. The topological polar surface area (TPSA) is 84.1 Å². The number of H-pyrrole nitrogens is 1. The summed E-state index contributed by atoms with van der Waals surface area (Å²) in [5.41, 5.74) is 3.31. The molecule has 0 radical (unpaired) electrons. The predicted octanol–water partition coefficient (Wildman–Crippen LogP) is 2.93. The minimum Gasteiger partial charge on any atom is -0.497 e. The van der Waals surface area contributed by atoms with Crippen molar-refractivity contribution in [1.82, 2.24) is 15.3 Å². The maximum Gasteiger partial charge on any atom is 0.257 e. The molecular formula is C18H17N3O3S. The number of hydrogen-bond donors (Lipinski definition) is 2. The number of aryl methyl sites for hydroxylation is 1. The maximum absolute atomic E-state index is 12.0. The third kappa shape index (κ3) is 4.19. The SMILES string of the molecule is COc1ccc(C(=O)NC(=O)CSc2nc3ccc(C)cc3[nH]2)cc1. The molecule has 0 aliphatic heterocycles. The molecule has 0 unspecified atom stereocenters. The van der Waals surface area contributed by atoms with Gasteiger partial charge in [-0.05, 0) is 48.9 Å². The Morgan fingerprint density at radius 3 is 2.68 bits per heavy atom. The lowest BCUT2D eigenvalue weighted by atomic mass is 10.2. The highest BCUT2D eigenvalue weighted by molar-refractivity contribution is 7.99. The van der Waals surface area contributed by atoms with E-state index in [1.807, 2.05) is 25.1 Å². The zero-order valence-corrected chi connectivity index (χ0v) is 14.6. The Morgan fingerprint density at radius 1 is 1.20 bits per heavy atom. The van der Waals surface area contributed by atoms with Gasteiger partial charge in [0.2, 0.25) is 5.91 Å². The van der Waals surface area contributed by atoms with Crippen molar-refractivity contribution >= 4 is 34.6 Å². The summed E-state index contributed by atoms with van der Waals surface area (Å²) in [5, 5.41) is 3.01. The van der Waals surface area contributed by atoms with Crippen LogP contribution in [-0.4, -0.2) is 34.6 Å². The number of thioether (sulfide) groups is 1. The number of carbonyl (C=O) groups is 2. The number of imidazole rings is 1. The first-order valence-corrected chi connectivity index (χ1v) is 8.61. The number of imide groups is 1. The average molecular weight is 355 g/mol. The van der Waals surface area contributed by atoms with Crippen molar-refractivity contribution in [1.29, 1.82) is 0 Å². The van der Waals surface area contributed by atoms with Crippen molar-refractivity contribution in [3.05, 3.63) is 53.6 Å². The molecule has 0 saturated carbocycles. The van der Waals surface area contributed by atoms with E-state index in [9.17, 15) is 9.59 Å². The van der Waals surface area contributed by atoms with Gasteiger partial charge in [0.15, 0.2) is 5.16 Å². The molecule has 0 fully saturated rings. The van der Waals surface area contributed by atoms with E-state index in [1.165, 1.54) is 11.8 Å². The summed E-state index contributed by atoms with van der Waals surface area (Å²) in [6.45, 7) is 2.01.